The quantitative estimate of drug-likeness (QED) is 0.0494. The molecule has 0 saturated heterocycles. The van der Waals surface area contributed by atoms with Crippen molar-refractivity contribution in [1.82, 2.24) is 0 Å². The second-order valence-electron chi connectivity index (χ2n) is 11.6. The molecular formula is C37H66O5. The fraction of sp³-hybridized carbons (Fsp3) is 0.784. The number of unbranched alkanes of at least 4 members (excludes halogenated alkanes) is 17. The Bertz CT molecular complexity index is 682. The molecule has 0 saturated carbocycles. The lowest BCUT2D eigenvalue weighted by Crippen LogP contribution is -2.28. The van der Waals surface area contributed by atoms with Gasteiger partial charge in [0.25, 0.3) is 0 Å². The van der Waals surface area contributed by atoms with Crippen molar-refractivity contribution in [2.45, 2.75) is 174 Å². The zero-order chi connectivity index (χ0) is 30.8. The lowest BCUT2D eigenvalue weighted by Gasteiger charge is -2.15. The lowest BCUT2D eigenvalue weighted by atomic mass is 10.1. The van der Waals surface area contributed by atoms with Crippen molar-refractivity contribution in [2.75, 3.05) is 13.2 Å². The zero-order valence-corrected chi connectivity index (χ0v) is 27.5. The number of hydrogen-bond acceptors (Lipinski definition) is 5. The van der Waals surface area contributed by atoms with Gasteiger partial charge in [-0.1, -0.05) is 147 Å². The van der Waals surface area contributed by atoms with Crippen LogP contribution in [0.2, 0.25) is 0 Å². The fourth-order valence-electron chi connectivity index (χ4n) is 4.74. The number of allylic oxidation sites excluding steroid dienone is 6. The van der Waals surface area contributed by atoms with Crippen LogP contribution in [-0.2, 0) is 19.1 Å². The average molecular weight is 591 g/mol. The summed E-state index contributed by atoms with van der Waals surface area (Å²) in [6.07, 6.45) is 39.2. The molecule has 1 N–H and O–H groups in total. The maximum atomic E-state index is 12.1. The molecule has 0 bridgehead atoms. The molecule has 244 valence electrons. The van der Waals surface area contributed by atoms with Gasteiger partial charge < -0.3 is 14.6 Å². The zero-order valence-electron chi connectivity index (χ0n) is 27.5. The van der Waals surface area contributed by atoms with Crippen molar-refractivity contribution in [2.24, 2.45) is 0 Å². The summed E-state index contributed by atoms with van der Waals surface area (Å²) in [4.78, 5) is 24.1. The number of hydrogen-bond donors (Lipinski definition) is 1. The predicted molar refractivity (Wildman–Crippen MR) is 178 cm³/mol. The lowest BCUT2D eigenvalue weighted by molar-refractivity contribution is -0.161. The highest BCUT2D eigenvalue weighted by Crippen LogP contribution is 2.12. The summed E-state index contributed by atoms with van der Waals surface area (Å²) >= 11 is 0. The number of aliphatic hydroxyl groups is 1. The van der Waals surface area contributed by atoms with Crippen LogP contribution in [0.1, 0.15) is 168 Å². The van der Waals surface area contributed by atoms with Crippen LogP contribution in [0.5, 0.6) is 0 Å². The number of carbonyl (C=O) groups is 2. The van der Waals surface area contributed by atoms with E-state index < -0.39 is 6.10 Å². The number of rotatable bonds is 31. The molecule has 0 aromatic carbocycles. The Morgan fingerprint density at radius 3 is 1.50 bits per heavy atom. The summed E-state index contributed by atoms with van der Waals surface area (Å²) in [5, 5.41) is 9.50. The molecule has 0 aliphatic rings. The summed E-state index contributed by atoms with van der Waals surface area (Å²) in [5.41, 5.74) is 0. The average Bonchev–Trinajstić information content (AvgIpc) is 2.99. The highest BCUT2D eigenvalue weighted by molar-refractivity contribution is 5.70. The summed E-state index contributed by atoms with van der Waals surface area (Å²) in [5.74, 6) is -0.652. The number of ether oxygens (including phenoxy) is 2. The molecule has 0 aromatic rings. The van der Waals surface area contributed by atoms with Gasteiger partial charge >= 0.3 is 11.9 Å². The van der Waals surface area contributed by atoms with Gasteiger partial charge in [-0.15, -0.1) is 0 Å². The van der Waals surface area contributed by atoms with Crippen molar-refractivity contribution in [3.63, 3.8) is 0 Å². The van der Waals surface area contributed by atoms with Crippen LogP contribution in [-0.4, -0.2) is 36.4 Å². The summed E-state index contributed by atoms with van der Waals surface area (Å²) in [6, 6.07) is 0. The third-order valence-electron chi connectivity index (χ3n) is 7.44. The van der Waals surface area contributed by atoms with E-state index in [1.807, 2.05) is 0 Å². The molecule has 1 atom stereocenters. The standard InChI is InChI=1S/C37H66O5/c1-3-5-7-9-11-13-15-16-17-18-19-20-22-24-26-28-30-32-37(40)42-35(33-38)34-41-36(39)31-29-27-25-23-21-14-12-10-8-6-4-2/h16-17,19-20,24,26,35,38H,3-15,18,21-23,25,27-34H2,1-2H3/b17-16-,20-19-,26-24-/t35-/m0/s1. The van der Waals surface area contributed by atoms with E-state index in [2.05, 4.69) is 50.3 Å². The van der Waals surface area contributed by atoms with Gasteiger partial charge in [0, 0.05) is 12.8 Å². The molecule has 5 nitrogen and oxygen atoms in total. The molecule has 0 radical (unpaired) electrons. The minimum atomic E-state index is -0.792. The molecule has 0 spiro atoms. The third kappa shape index (κ3) is 31.1. The molecule has 0 heterocycles. The van der Waals surface area contributed by atoms with Crippen LogP contribution in [0.4, 0.5) is 0 Å². The maximum Gasteiger partial charge on any atom is 0.306 e. The maximum absolute atomic E-state index is 12.1. The predicted octanol–water partition coefficient (Wildman–Crippen LogP) is 10.5. The third-order valence-corrected chi connectivity index (χ3v) is 7.44. The summed E-state index contributed by atoms with van der Waals surface area (Å²) in [6.45, 7) is 4.07. The normalized spacial score (nSPS) is 12.5. The van der Waals surface area contributed by atoms with Gasteiger partial charge in [-0.3, -0.25) is 9.59 Å². The number of aliphatic hydroxyl groups excluding tert-OH is 1. The smallest absolute Gasteiger partial charge is 0.306 e. The first kappa shape index (κ1) is 40.1. The van der Waals surface area contributed by atoms with E-state index >= 15 is 0 Å². The van der Waals surface area contributed by atoms with E-state index in [-0.39, 0.29) is 31.6 Å². The first-order valence-corrected chi connectivity index (χ1v) is 17.5. The van der Waals surface area contributed by atoms with E-state index in [9.17, 15) is 14.7 Å². The highest BCUT2D eigenvalue weighted by atomic mass is 16.6. The SMILES string of the molecule is CCCCCCCC/C=C\C/C=C\C/C=C\CCCC(=O)O[C@@H](CO)COC(=O)CCCCCCCCCCCCC. The second kappa shape index (κ2) is 33.6. The first-order chi connectivity index (χ1) is 20.6. The Kier molecular flexibility index (Phi) is 32.1. The molecule has 0 rings (SSSR count). The van der Waals surface area contributed by atoms with Gasteiger partial charge in [-0.25, -0.2) is 0 Å². The van der Waals surface area contributed by atoms with E-state index in [0.29, 0.717) is 12.8 Å². The monoisotopic (exact) mass is 590 g/mol. The first-order valence-electron chi connectivity index (χ1n) is 17.5. The molecule has 0 unspecified atom stereocenters. The van der Waals surface area contributed by atoms with Gasteiger partial charge in [0.15, 0.2) is 6.10 Å². The molecule has 0 aliphatic heterocycles. The Morgan fingerprint density at radius 2 is 0.976 bits per heavy atom. The molecule has 42 heavy (non-hydrogen) atoms. The Hall–Kier alpha value is -1.88. The molecular weight excluding hydrogens is 524 g/mol. The van der Waals surface area contributed by atoms with Crippen LogP contribution >= 0.6 is 0 Å². The van der Waals surface area contributed by atoms with Gasteiger partial charge in [-0.05, 0) is 44.9 Å². The van der Waals surface area contributed by atoms with E-state index in [1.165, 1.54) is 96.3 Å². The number of esters is 2. The molecule has 0 aromatic heterocycles. The van der Waals surface area contributed by atoms with Crippen molar-refractivity contribution in [3.8, 4) is 0 Å². The fourth-order valence-corrected chi connectivity index (χ4v) is 4.74. The summed E-state index contributed by atoms with van der Waals surface area (Å²) < 4.78 is 10.5. The topological polar surface area (TPSA) is 72.8 Å². The Labute approximate surface area is 259 Å². The minimum absolute atomic E-state index is 0.0838. The van der Waals surface area contributed by atoms with Gasteiger partial charge in [0.05, 0.1) is 6.61 Å². The van der Waals surface area contributed by atoms with Crippen molar-refractivity contribution < 1.29 is 24.2 Å². The van der Waals surface area contributed by atoms with Crippen molar-refractivity contribution >= 4 is 11.9 Å². The molecule has 0 fully saturated rings. The Morgan fingerprint density at radius 1 is 0.548 bits per heavy atom. The minimum Gasteiger partial charge on any atom is -0.462 e. The van der Waals surface area contributed by atoms with Crippen LogP contribution in [0.25, 0.3) is 0 Å². The molecule has 0 aliphatic carbocycles. The van der Waals surface area contributed by atoms with Crippen molar-refractivity contribution in [1.29, 1.82) is 0 Å². The van der Waals surface area contributed by atoms with Crippen LogP contribution in [0, 0.1) is 0 Å². The van der Waals surface area contributed by atoms with Crippen LogP contribution < -0.4 is 0 Å². The van der Waals surface area contributed by atoms with Gasteiger partial charge in [0.2, 0.25) is 0 Å². The van der Waals surface area contributed by atoms with Crippen molar-refractivity contribution in [3.05, 3.63) is 36.5 Å². The van der Waals surface area contributed by atoms with Crippen LogP contribution in [0.3, 0.4) is 0 Å². The van der Waals surface area contributed by atoms with Crippen LogP contribution in [0.15, 0.2) is 36.5 Å². The van der Waals surface area contributed by atoms with E-state index in [4.69, 9.17) is 9.47 Å². The summed E-state index contributed by atoms with van der Waals surface area (Å²) in [7, 11) is 0. The number of carbonyl (C=O) groups excluding carboxylic acids is 2. The highest BCUT2D eigenvalue weighted by Gasteiger charge is 2.15. The van der Waals surface area contributed by atoms with E-state index in [0.717, 1.165) is 38.5 Å². The Balaban J connectivity index is 3.68. The van der Waals surface area contributed by atoms with Gasteiger partial charge in [-0.2, -0.15) is 0 Å². The molecule has 5 heteroatoms. The van der Waals surface area contributed by atoms with Gasteiger partial charge in [0.1, 0.15) is 6.61 Å². The second-order valence-corrected chi connectivity index (χ2v) is 11.6. The molecule has 0 amide bonds. The largest absolute Gasteiger partial charge is 0.462 e. The van der Waals surface area contributed by atoms with E-state index in [1.54, 1.807) is 0 Å².